The van der Waals surface area contributed by atoms with Gasteiger partial charge in [-0.1, -0.05) is 13.8 Å². The van der Waals surface area contributed by atoms with Crippen LogP contribution in [0.5, 0.6) is 0 Å². The first-order valence-electron chi connectivity index (χ1n) is 8.49. The van der Waals surface area contributed by atoms with E-state index in [0.29, 0.717) is 16.6 Å². The van der Waals surface area contributed by atoms with E-state index in [9.17, 15) is 22.4 Å². The highest BCUT2D eigenvalue weighted by atomic mass is 19.4. The van der Waals surface area contributed by atoms with E-state index >= 15 is 0 Å². The molecular formula is C17H17F4N7O. The van der Waals surface area contributed by atoms with Gasteiger partial charge in [0.15, 0.2) is 5.82 Å². The Kier molecular flexibility index (Phi) is 5.22. The lowest BCUT2D eigenvalue weighted by molar-refractivity contribution is -0.143. The molecule has 4 N–H and O–H groups in total. The van der Waals surface area contributed by atoms with E-state index < -0.39 is 35.9 Å². The third-order valence-corrected chi connectivity index (χ3v) is 4.46. The molecule has 12 heteroatoms. The van der Waals surface area contributed by atoms with E-state index in [1.54, 1.807) is 19.2 Å². The summed E-state index contributed by atoms with van der Waals surface area (Å²) in [7, 11) is 0. The Balaban J connectivity index is 2.03. The molecule has 0 fully saturated rings. The molecule has 8 nitrogen and oxygen atoms in total. The van der Waals surface area contributed by atoms with Crippen LogP contribution in [0.1, 0.15) is 19.5 Å². The predicted octanol–water partition coefficient (Wildman–Crippen LogP) is 2.04. The van der Waals surface area contributed by atoms with Crippen LogP contribution < -0.4 is 11.1 Å². The molecule has 0 aliphatic carbocycles. The normalized spacial score (nSPS) is 14.2. The van der Waals surface area contributed by atoms with Crippen LogP contribution in [-0.4, -0.2) is 43.8 Å². The topological polar surface area (TPSA) is 122 Å². The summed E-state index contributed by atoms with van der Waals surface area (Å²) in [6.45, 7) is 1.61. The van der Waals surface area contributed by atoms with Gasteiger partial charge < -0.3 is 16.0 Å². The van der Waals surface area contributed by atoms with Crippen LogP contribution in [0.15, 0.2) is 24.7 Å². The van der Waals surface area contributed by atoms with Crippen LogP contribution in [0.3, 0.4) is 0 Å². The monoisotopic (exact) mass is 411 g/mol. The quantitative estimate of drug-likeness (QED) is 0.553. The Bertz CT molecular complexity index is 1050. The molecule has 3 rings (SSSR count). The number of hydrogen-bond donors (Lipinski definition) is 3. The first kappa shape index (κ1) is 20.6. The minimum atomic E-state index is -4.59. The fourth-order valence-electron chi connectivity index (χ4n) is 2.78. The van der Waals surface area contributed by atoms with Crippen LogP contribution in [0.4, 0.5) is 17.6 Å². The second-order valence-corrected chi connectivity index (χ2v) is 6.74. The van der Waals surface area contributed by atoms with Crippen molar-refractivity contribution in [1.29, 1.82) is 0 Å². The molecular weight excluding hydrogens is 394 g/mol. The summed E-state index contributed by atoms with van der Waals surface area (Å²) < 4.78 is 51.1. The SMILES string of the molecule is CC(C)[C@@](N)(C(=O)NCC(F)(F)F)c1cnnc(-c2c[nH]c3ncc(F)cc23)n1. The zero-order chi connectivity index (χ0) is 21.4. The molecule has 3 aromatic rings. The van der Waals surface area contributed by atoms with Crippen LogP contribution >= 0.6 is 0 Å². The van der Waals surface area contributed by atoms with Gasteiger partial charge >= 0.3 is 6.18 Å². The van der Waals surface area contributed by atoms with Crippen molar-refractivity contribution in [1.82, 2.24) is 30.5 Å². The summed E-state index contributed by atoms with van der Waals surface area (Å²) in [6.07, 6.45) is -0.962. The number of nitrogens with two attached hydrogens (primary N) is 1. The average molecular weight is 411 g/mol. The van der Waals surface area contributed by atoms with Gasteiger partial charge in [0.1, 0.15) is 23.5 Å². The summed E-state index contributed by atoms with van der Waals surface area (Å²) in [5.74, 6) is -2.24. The average Bonchev–Trinajstić information content (AvgIpc) is 3.07. The lowest BCUT2D eigenvalue weighted by atomic mass is 9.83. The smallest absolute Gasteiger partial charge is 0.345 e. The van der Waals surface area contributed by atoms with E-state index in [2.05, 4.69) is 25.1 Å². The number of aromatic amines is 1. The van der Waals surface area contributed by atoms with Crippen molar-refractivity contribution >= 4 is 16.9 Å². The molecule has 1 atom stereocenters. The van der Waals surface area contributed by atoms with Gasteiger partial charge in [-0.3, -0.25) is 4.79 Å². The summed E-state index contributed by atoms with van der Waals surface area (Å²) in [5, 5.41) is 9.83. The van der Waals surface area contributed by atoms with Crippen molar-refractivity contribution in [2.75, 3.05) is 6.54 Å². The second kappa shape index (κ2) is 7.35. The number of amides is 1. The van der Waals surface area contributed by atoms with Gasteiger partial charge in [-0.2, -0.15) is 18.3 Å². The van der Waals surface area contributed by atoms with E-state index in [4.69, 9.17) is 5.73 Å². The zero-order valence-corrected chi connectivity index (χ0v) is 15.4. The van der Waals surface area contributed by atoms with Crippen molar-refractivity contribution < 1.29 is 22.4 Å². The van der Waals surface area contributed by atoms with E-state index in [1.807, 2.05) is 0 Å². The standard InChI is InChI=1S/C17H17F4N7O/c1-8(2)17(22,15(29)25-7-16(19,20)21)12-6-26-28-14(27-12)11-5-24-13-10(11)3-9(18)4-23-13/h3-6,8H,7,22H2,1-2H3,(H,23,24)(H,25,29)/t17-/m0/s1. The summed E-state index contributed by atoms with van der Waals surface area (Å²) >= 11 is 0. The number of fused-ring (bicyclic) bond motifs is 1. The van der Waals surface area contributed by atoms with Gasteiger partial charge in [-0.25, -0.2) is 14.4 Å². The maximum absolute atomic E-state index is 13.6. The first-order chi connectivity index (χ1) is 13.5. The largest absolute Gasteiger partial charge is 0.405 e. The van der Waals surface area contributed by atoms with Crippen LogP contribution in [0.25, 0.3) is 22.4 Å². The molecule has 0 saturated heterocycles. The Morgan fingerprint density at radius 2 is 2.03 bits per heavy atom. The number of aromatic nitrogens is 5. The molecule has 0 bridgehead atoms. The fourth-order valence-corrected chi connectivity index (χ4v) is 2.78. The third-order valence-electron chi connectivity index (χ3n) is 4.46. The molecule has 0 aromatic carbocycles. The van der Waals surface area contributed by atoms with Gasteiger partial charge in [-0.05, 0) is 12.0 Å². The molecule has 1 amide bonds. The lowest BCUT2D eigenvalue weighted by Gasteiger charge is -2.31. The Morgan fingerprint density at radius 1 is 1.31 bits per heavy atom. The Labute approximate surface area is 161 Å². The number of carbonyl (C=O) groups is 1. The maximum Gasteiger partial charge on any atom is 0.405 e. The van der Waals surface area contributed by atoms with E-state index in [-0.39, 0.29) is 11.5 Å². The Morgan fingerprint density at radius 3 is 2.69 bits per heavy atom. The van der Waals surface area contributed by atoms with Crippen molar-refractivity contribution in [2.24, 2.45) is 11.7 Å². The molecule has 0 unspecified atom stereocenters. The fraction of sp³-hybridized carbons (Fsp3) is 0.353. The molecule has 0 radical (unpaired) electrons. The van der Waals surface area contributed by atoms with Crippen molar-refractivity contribution in [2.45, 2.75) is 25.6 Å². The number of pyridine rings is 1. The Hall–Kier alpha value is -3.15. The first-order valence-corrected chi connectivity index (χ1v) is 8.49. The summed E-state index contributed by atoms with van der Waals surface area (Å²) in [4.78, 5) is 23.5. The minimum Gasteiger partial charge on any atom is -0.345 e. The highest BCUT2D eigenvalue weighted by Gasteiger charge is 2.43. The second-order valence-electron chi connectivity index (χ2n) is 6.74. The van der Waals surface area contributed by atoms with Crippen molar-refractivity contribution in [3.05, 3.63) is 36.2 Å². The van der Waals surface area contributed by atoms with Crippen molar-refractivity contribution in [3.63, 3.8) is 0 Å². The summed E-state index contributed by atoms with van der Waals surface area (Å²) in [6, 6.07) is 1.22. The van der Waals surface area contributed by atoms with Gasteiger partial charge in [-0.15, -0.1) is 5.10 Å². The number of rotatable bonds is 5. The molecule has 0 aliphatic rings. The zero-order valence-electron chi connectivity index (χ0n) is 15.4. The molecule has 3 heterocycles. The molecule has 3 aromatic heterocycles. The number of nitrogens with zero attached hydrogens (tertiary/aromatic N) is 4. The van der Waals surface area contributed by atoms with Gasteiger partial charge in [0.05, 0.1) is 18.1 Å². The number of carbonyl (C=O) groups excluding carboxylic acids is 1. The number of alkyl halides is 3. The van der Waals surface area contributed by atoms with Crippen molar-refractivity contribution in [3.8, 4) is 11.4 Å². The van der Waals surface area contributed by atoms with Crippen LogP contribution in [0.2, 0.25) is 0 Å². The number of H-pyrrole nitrogens is 1. The third kappa shape index (κ3) is 4.01. The maximum atomic E-state index is 13.6. The van der Waals surface area contributed by atoms with Gasteiger partial charge in [0.25, 0.3) is 0 Å². The van der Waals surface area contributed by atoms with E-state index in [1.165, 1.54) is 12.3 Å². The van der Waals surface area contributed by atoms with E-state index in [0.717, 1.165) is 12.4 Å². The molecule has 0 spiro atoms. The molecule has 0 saturated carbocycles. The predicted molar refractivity (Wildman–Crippen MR) is 94.6 cm³/mol. The number of hydrogen-bond acceptors (Lipinski definition) is 6. The molecule has 29 heavy (non-hydrogen) atoms. The lowest BCUT2D eigenvalue weighted by Crippen LogP contribution is -2.56. The van der Waals surface area contributed by atoms with Gasteiger partial charge in [0, 0.05) is 17.1 Å². The van der Waals surface area contributed by atoms with Gasteiger partial charge in [0.2, 0.25) is 5.91 Å². The number of nitrogens with one attached hydrogen (secondary N) is 2. The molecule has 154 valence electrons. The number of halogens is 4. The highest BCUT2D eigenvalue weighted by molar-refractivity contribution is 5.92. The van der Waals surface area contributed by atoms with Crippen LogP contribution in [0, 0.1) is 11.7 Å². The van der Waals surface area contributed by atoms with Crippen LogP contribution in [-0.2, 0) is 10.3 Å². The molecule has 0 aliphatic heterocycles. The summed E-state index contributed by atoms with van der Waals surface area (Å²) in [5.41, 5.74) is 4.96. The highest BCUT2D eigenvalue weighted by Crippen LogP contribution is 2.29. The minimum absolute atomic E-state index is 0.0141.